The molecule has 1 saturated heterocycles. The van der Waals surface area contributed by atoms with Gasteiger partial charge in [-0.15, -0.1) is 24.0 Å². The Hall–Kier alpha value is -2.17. The van der Waals surface area contributed by atoms with Crippen molar-refractivity contribution >= 4 is 35.6 Å². The Kier molecular flexibility index (Phi) is 10.4. The van der Waals surface area contributed by atoms with Crippen LogP contribution >= 0.6 is 24.0 Å². The van der Waals surface area contributed by atoms with Crippen molar-refractivity contribution in [2.24, 2.45) is 4.99 Å². The van der Waals surface area contributed by atoms with Crippen LogP contribution in [0.3, 0.4) is 0 Å². The van der Waals surface area contributed by atoms with Gasteiger partial charge in [0.1, 0.15) is 17.3 Å². The molecule has 2 heterocycles. The van der Waals surface area contributed by atoms with Crippen molar-refractivity contribution < 1.29 is 14.0 Å². The summed E-state index contributed by atoms with van der Waals surface area (Å²) in [6.45, 7) is 6.76. The second-order valence-corrected chi connectivity index (χ2v) is 7.88. The Bertz CT molecular complexity index is 837. The third-order valence-corrected chi connectivity index (χ3v) is 5.84. The molecule has 1 aromatic carbocycles. The molecule has 0 saturated carbocycles. The molecule has 2 N–H and O–H groups in total. The predicted molar refractivity (Wildman–Crippen MR) is 139 cm³/mol. The van der Waals surface area contributed by atoms with Gasteiger partial charge in [-0.3, -0.25) is 4.99 Å². The lowest BCUT2D eigenvalue weighted by Gasteiger charge is -2.34. The van der Waals surface area contributed by atoms with E-state index in [1.807, 2.05) is 27.0 Å². The lowest BCUT2D eigenvalue weighted by molar-refractivity contribution is 0.392. The van der Waals surface area contributed by atoms with E-state index in [0.717, 1.165) is 79.9 Å². The van der Waals surface area contributed by atoms with Gasteiger partial charge in [-0.2, -0.15) is 0 Å². The summed E-state index contributed by atoms with van der Waals surface area (Å²) in [7, 11) is 5.19. The quantitative estimate of drug-likeness (QED) is 0.222. The number of rotatable bonds is 8. The first kappa shape index (κ1) is 26.1. The summed E-state index contributed by atoms with van der Waals surface area (Å²) < 4.78 is 16.1. The van der Waals surface area contributed by atoms with Gasteiger partial charge in [-0.25, -0.2) is 0 Å². The summed E-state index contributed by atoms with van der Waals surface area (Å²) in [6, 6.07) is 6.43. The number of nitrogens with one attached hydrogen (secondary N) is 2. The number of halogens is 1. The fourth-order valence-corrected chi connectivity index (χ4v) is 3.98. The topological polar surface area (TPSA) is 84.2 Å². The van der Waals surface area contributed by atoms with Gasteiger partial charge in [0, 0.05) is 62.2 Å². The van der Waals surface area contributed by atoms with Crippen LogP contribution in [0.4, 0.5) is 5.69 Å². The number of piperidine rings is 1. The molecule has 3 rings (SSSR count). The van der Waals surface area contributed by atoms with Crippen LogP contribution in [-0.2, 0) is 6.42 Å². The average molecular weight is 557 g/mol. The second-order valence-electron chi connectivity index (χ2n) is 7.88. The molecule has 2 aromatic rings. The second kappa shape index (κ2) is 12.8. The molecule has 1 aliphatic heterocycles. The van der Waals surface area contributed by atoms with Crippen molar-refractivity contribution in [3.05, 3.63) is 35.2 Å². The molecule has 0 radical (unpaired) electrons. The molecule has 1 aliphatic rings. The van der Waals surface area contributed by atoms with E-state index in [-0.39, 0.29) is 24.0 Å². The Balaban J connectivity index is 0.00000363. The SMILES string of the molecule is CN=C(NCCCc1c(C)noc1C)NC1CCN(c2cc(OC)cc(OC)c2)CC1.I. The molecule has 0 atom stereocenters. The van der Waals surface area contributed by atoms with Gasteiger partial charge in [0.05, 0.1) is 19.9 Å². The van der Waals surface area contributed by atoms with Crippen LogP contribution in [0, 0.1) is 13.8 Å². The number of guanidine groups is 1. The number of ether oxygens (including phenoxy) is 2. The molecule has 0 amide bonds. The number of aryl methyl sites for hydroxylation is 2. The van der Waals surface area contributed by atoms with Crippen molar-refractivity contribution in [1.82, 2.24) is 15.8 Å². The van der Waals surface area contributed by atoms with Crippen molar-refractivity contribution in [1.29, 1.82) is 0 Å². The van der Waals surface area contributed by atoms with Crippen molar-refractivity contribution in [3.8, 4) is 11.5 Å². The van der Waals surface area contributed by atoms with Gasteiger partial charge in [0.25, 0.3) is 0 Å². The largest absolute Gasteiger partial charge is 0.497 e. The summed E-state index contributed by atoms with van der Waals surface area (Å²) in [6.07, 6.45) is 4.03. The number of hydrogen-bond donors (Lipinski definition) is 2. The highest BCUT2D eigenvalue weighted by Gasteiger charge is 2.21. The first-order valence-corrected chi connectivity index (χ1v) is 10.9. The Morgan fingerprint density at radius 3 is 2.34 bits per heavy atom. The number of nitrogens with zero attached hydrogens (tertiary/aromatic N) is 3. The smallest absolute Gasteiger partial charge is 0.191 e. The maximum Gasteiger partial charge on any atom is 0.191 e. The normalized spacial score (nSPS) is 14.7. The molecule has 8 nitrogen and oxygen atoms in total. The minimum atomic E-state index is 0. The van der Waals surface area contributed by atoms with Gasteiger partial charge in [0.2, 0.25) is 0 Å². The fraction of sp³-hybridized carbons (Fsp3) is 0.565. The number of aromatic nitrogens is 1. The summed E-state index contributed by atoms with van der Waals surface area (Å²) in [5, 5.41) is 11.0. The summed E-state index contributed by atoms with van der Waals surface area (Å²) in [5.74, 6) is 3.41. The fourth-order valence-electron chi connectivity index (χ4n) is 3.98. The third kappa shape index (κ3) is 6.91. The lowest BCUT2D eigenvalue weighted by atomic mass is 10.0. The Labute approximate surface area is 208 Å². The minimum absolute atomic E-state index is 0. The molecule has 1 aromatic heterocycles. The van der Waals surface area contributed by atoms with E-state index in [1.54, 1.807) is 14.2 Å². The maximum absolute atomic E-state index is 5.41. The molecule has 0 bridgehead atoms. The van der Waals surface area contributed by atoms with Crippen LogP contribution < -0.4 is 25.0 Å². The Morgan fingerprint density at radius 1 is 1.16 bits per heavy atom. The van der Waals surface area contributed by atoms with Gasteiger partial charge in [-0.05, 0) is 39.5 Å². The number of aliphatic imine (C=N–C) groups is 1. The highest BCUT2D eigenvalue weighted by atomic mass is 127. The van der Waals surface area contributed by atoms with Gasteiger partial charge in [-0.1, -0.05) is 5.16 Å². The molecular formula is C23H36IN5O3. The van der Waals surface area contributed by atoms with E-state index in [2.05, 4.69) is 37.8 Å². The van der Waals surface area contributed by atoms with E-state index in [1.165, 1.54) is 5.56 Å². The first-order chi connectivity index (χ1) is 15.0. The van der Waals surface area contributed by atoms with Crippen molar-refractivity contribution in [3.63, 3.8) is 0 Å². The van der Waals surface area contributed by atoms with E-state index in [9.17, 15) is 0 Å². The molecule has 0 aliphatic carbocycles. The Morgan fingerprint density at radius 2 is 1.81 bits per heavy atom. The first-order valence-electron chi connectivity index (χ1n) is 10.9. The van der Waals surface area contributed by atoms with E-state index in [4.69, 9.17) is 14.0 Å². The monoisotopic (exact) mass is 557 g/mol. The molecule has 9 heteroatoms. The van der Waals surface area contributed by atoms with Gasteiger partial charge in [0.15, 0.2) is 5.96 Å². The van der Waals surface area contributed by atoms with Crippen molar-refractivity contribution in [2.45, 2.75) is 45.6 Å². The number of anilines is 1. The average Bonchev–Trinajstić information content (AvgIpc) is 3.13. The minimum Gasteiger partial charge on any atom is -0.497 e. The van der Waals surface area contributed by atoms with E-state index < -0.39 is 0 Å². The highest BCUT2D eigenvalue weighted by Crippen LogP contribution is 2.30. The number of methoxy groups -OCH3 is 2. The van der Waals surface area contributed by atoms with Crippen LogP contribution in [0.25, 0.3) is 0 Å². The maximum atomic E-state index is 5.41. The van der Waals surface area contributed by atoms with Crippen LogP contribution in [0.5, 0.6) is 11.5 Å². The zero-order valence-corrected chi connectivity index (χ0v) is 22.1. The van der Waals surface area contributed by atoms with Crippen molar-refractivity contribution in [2.75, 3.05) is 45.8 Å². The molecule has 1 fully saturated rings. The summed E-state index contributed by atoms with van der Waals surface area (Å²) in [4.78, 5) is 6.77. The van der Waals surface area contributed by atoms with E-state index >= 15 is 0 Å². The zero-order valence-electron chi connectivity index (χ0n) is 19.7. The van der Waals surface area contributed by atoms with Crippen LogP contribution in [0.15, 0.2) is 27.7 Å². The molecular weight excluding hydrogens is 521 g/mol. The zero-order chi connectivity index (χ0) is 22.2. The summed E-state index contributed by atoms with van der Waals surface area (Å²) in [5.41, 5.74) is 3.34. The predicted octanol–water partition coefficient (Wildman–Crippen LogP) is 3.69. The molecule has 32 heavy (non-hydrogen) atoms. The van der Waals surface area contributed by atoms with Crippen LogP contribution in [0.2, 0.25) is 0 Å². The summed E-state index contributed by atoms with van der Waals surface area (Å²) >= 11 is 0. The van der Waals surface area contributed by atoms with Crippen LogP contribution in [0.1, 0.15) is 36.3 Å². The van der Waals surface area contributed by atoms with Crippen LogP contribution in [-0.4, -0.2) is 58.1 Å². The highest BCUT2D eigenvalue weighted by molar-refractivity contribution is 14.0. The number of benzene rings is 1. The lowest BCUT2D eigenvalue weighted by Crippen LogP contribution is -2.49. The number of hydrogen-bond acceptors (Lipinski definition) is 6. The third-order valence-electron chi connectivity index (χ3n) is 5.84. The standard InChI is InChI=1S/C23H35N5O3.HI/c1-16-22(17(2)31-27-16)7-6-10-25-23(24-3)26-18-8-11-28(12-9-18)19-13-20(29-4)15-21(14-19)30-5;/h13-15,18H,6-12H2,1-5H3,(H2,24,25,26);1H. The van der Waals surface area contributed by atoms with E-state index in [0.29, 0.717) is 6.04 Å². The molecule has 0 unspecified atom stereocenters. The van der Waals surface area contributed by atoms with Gasteiger partial charge >= 0.3 is 0 Å². The molecule has 178 valence electrons. The molecule has 0 spiro atoms. The van der Waals surface area contributed by atoms with Gasteiger partial charge < -0.3 is 29.5 Å².